The molecule has 0 radical (unpaired) electrons. The van der Waals surface area contributed by atoms with Gasteiger partial charge in [0.15, 0.2) is 0 Å². The fourth-order valence-corrected chi connectivity index (χ4v) is 4.02. The number of rotatable bonds is 5. The van der Waals surface area contributed by atoms with Crippen LogP contribution in [0.2, 0.25) is 0 Å². The molecule has 1 aromatic rings. The van der Waals surface area contributed by atoms with Gasteiger partial charge in [-0.25, -0.2) is 0 Å². The number of fused-ring (bicyclic) bond motifs is 1. The standard InChI is InChI=1S/C18H30N4/c1-5-7-13(4)18-21-20-17(12(2)3)22(18)15-10-14-8-6-9-19-16(14)11-15/h11-15,19H,5-10H2,1-4H3. The van der Waals surface area contributed by atoms with Gasteiger partial charge in [-0.05, 0) is 31.8 Å². The molecule has 3 atom stereocenters. The van der Waals surface area contributed by atoms with Crippen molar-refractivity contribution in [3.8, 4) is 0 Å². The zero-order valence-electron chi connectivity index (χ0n) is 14.5. The highest BCUT2D eigenvalue weighted by Crippen LogP contribution is 2.39. The van der Waals surface area contributed by atoms with Gasteiger partial charge in [0.25, 0.3) is 0 Å². The number of allylic oxidation sites excluding steroid dienone is 2. The van der Waals surface area contributed by atoms with Gasteiger partial charge in [-0.15, -0.1) is 10.2 Å². The van der Waals surface area contributed by atoms with E-state index in [0.29, 0.717) is 17.9 Å². The maximum atomic E-state index is 4.58. The summed E-state index contributed by atoms with van der Waals surface area (Å²) >= 11 is 0. The van der Waals surface area contributed by atoms with Crippen LogP contribution in [-0.2, 0) is 0 Å². The quantitative estimate of drug-likeness (QED) is 0.889. The Morgan fingerprint density at radius 3 is 2.73 bits per heavy atom. The van der Waals surface area contributed by atoms with Gasteiger partial charge in [0, 0.05) is 30.0 Å². The van der Waals surface area contributed by atoms with Gasteiger partial charge in [0.05, 0.1) is 6.04 Å². The number of aromatic nitrogens is 3. The molecule has 1 N–H and O–H groups in total. The maximum Gasteiger partial charge on any atom is 0.136 e. The van der Waals surface area contributed by atoms with Crippen LogP contribution in [0.1, 0.15) is 89.3 Å². The molecule has 4 nitrogen and oxygen atoms in total. The Balaban J connectivity index is 1.94. The molecule has 122 valence electrons. The van der Waals surface area contributed by atoms with E-state index in [1.807, 2.05) is 0 Å². The Labute approximate surface area is 134 Å². The van der Waals surface area contributed by atoms with Gasteiger partial charge in [0.2, 0.25) is 0 Å². The van der Waals surface area contributed by atoms with Crippen LogP contribution in [0.15, 0.2) is 11.8 Å². The molecule has 1 aliphatic carbocycles. The van der Waals surface area contributed by atoms with Gasteiger partial charge < -0.3 is 9.88 Å². The lowest BCUT2D eigenvalue weighted by Gasteiger charge is -2.23. The molecule has 0 amide bonds. The Morgan fingerprint density at radius 1 is 1.27 bits per heavy atom. The summed E-state index contributed by atoms with van der Waals surface area (Å²) in [5.41, 5.74) is 1.47. The predicted molar refractivity (Wildman–Crippen MR) is 89.9 cm³/mol. The zero-order chi connectivity index (χ0) is 15.7. The fourth-order valence-electron chi connectivity index (χ4n) is 4.02. The van der Waals surface area contributed by atoms with Crippen LogP contribution >= 0.6 is 0 Å². The van der Waals surface area contributed by atoms with E-state index in [2.05, 4.69) is 53.9 Å². The summed E-state index contributed by atoms with van der Waals surface area (Å²) in [6.07, 6.45) is 8.66. The maximum absolute atomic E-state index is 4.58. The molecule has 4 heteroatoms. The van der Waals surface area contributed by atoms with Crippen LogP contribution in [0.25, 0.3) is 0 Å². The molecule has 2 aliphatic rings. The first kappa shape index (κ1) is 15.6. The van der Waals surface area contributed by atoms with Crippen molar-refractivity contribution in [3.05, 3.63) is 23.4 Å². The van der Waals surface area contributed by atoms with E-state index in [1.165, 1.54) is 43.6 Å². The molecular formula is C18H30N4. The minimum Gasteiger partial charge on any atom is -0.388 e. The minimum atomic E-state index is 0.420. The largest absolute Gasteiger partial charge is 0.388 e. The van der Waals surface area contributed by atoms with E-state index in [4.69, 9.17) is 0 Å². The Kier molecular flexibility index (Phi) is 4.55. The third kappa shape index (κ3) is 2.80. The molecule has 1 fully saturated rings. The summed E-state index contributed by atoms with van der Waals surface area (Å²) in [5.74, 6) is 3.96. The smallest absolute Gasteiger partial charge is 0.136 e. The normalized spacial score (nSPS) is 25.8. The highest BCUT2D eigenvalue weighted by atomic mass is 15.3. The topological polar surface area (TPSA) is 42.7 Å². The van der Waals surface area contributed by atoms with Crippen molar-refractivity contribution in [3.63, 3.8) is 0 Å². The highest BCUT2D eigenvalue weighted by molar-refractivity contribution is 5.21. The molecule has 1 aliphatic heterocycles. The van der Waals surface area contributed by atoms with Crippen LogP contribution in [0.3, 0.4) is 0 Å². The number of hydrogen-bond acceptors (Lipinski definition) is 3. The second kappa shape index (κ2) is 6.43. The van der Waals surface area contributed by atoms with Gasteiger partial charge in [-0.1, -0.05) is 34.1 Å². The zero-order valence-corrected chi connectivity index (χ0v) is 14.5. The van der Waals surface area contributed by atoms with Crippen molar-refractivity contribution in [2.75, 3.05) is 6.54 Å². The lowest BCUT2D eigenvalue weighted by atomic mass is 9.96. The van der Waals surface area contributed by atoms with E-state index in [1.54, 1.807) is 0 Å². The van der Waals surface area contributed by atoms with Crippen molar-refractivity contribution in [1.29, 1.82) is 0 Å². The lowest BCUT2D eigenvalue weighted by molar-refractivity contribution is 0.399. The Bertz CT molecular complexity index is 543. The van der Waals surface area contributed by atoms with Crippen LogP contribution in [0.5, 0.6) is 0 Å². The molecule has 0 aromatic carbocycles. The third-order valence-electron chi connectivity index (χ3n) is 5.16. The van der Waals surface area contributed by atoms with Crippen molar-refractivity contribution >= 4 is 0 Å². The second-order valence-electron chi connectivity index (χ2n) is 7.32. The Morgan fingerprint density at radius 2 is 2.05 bits per heavy atom. The van der Waals surface area contributed by atoms with Gasteiger partial charge in [-0.2, -0.15) is 0 Å². The first-order chi connectivity index (χ1) is 10.6. The van der Waals surface area contributed by atoms with Crippen LogP contribution in [0.4, 0.5) is 0 Å². The van der Waals surface area contributed by atoms with Gasteiger partial charge >= 0.3 is 0 Å². The van der Waals surface area contributed by atoms with E-state index in [-0.39, 0.29) is 0 Å². The summed E-state index contributed by atoms with van der Waals surface area (Å²) in [5, 5.41) is 12.7. The molecule has 1 saturated heterocycles. The monoisotopic (exact) mass is 302 g/mol. The highest BCUT2D eigenvalue weighted by Gasteiger charge is 2.33. The molecule has 0 bridgehead atoms. The van der Waals surface area contributed by atoms with E-state index < -0.39 is 0 Å². The van der Waals surface area contributed by atoms with Gasteiger partial charge in [-0.3, -0.25) is 0 Å². The lowest BCUT2D eigenvalue weighted by Crippen LogP contribution is -2.25. The van der Waals surface area contributed by atoms with Crippen LogP contribution in [-0.4, -0.2) is 21.3 Å². The summed E-state index contributed by atoms with van der Waals surface area (Å²) in [4.78, 5) is 0. The average Bonchev–Trinajstić information content (AvgIpc) is 3.10. The summed E-state index contributed by atoms with van der Waals surface area (Å²) in [7, 11) is 0. The molecule has 0 saturated carbocycles. The molecule has 3 unspecified atom stereocenters. The van der Waals surface area contributed by atoms with Crippen LogP contribution in [0, 0.1) is 5.92 Å². The minimum absolute atomic E-state index is 0.420. The summed E-state index contributed by atoms with van der Waals surface area (Å²) < 4.78 is 2.46. The van der Waals surface area contributed by atoms with Crippen molar-refractivity contribution in [1.82, 2.24) is 20.1 Å². The fraction of sp³-hybridized carbons (Fsp3) is 0.778. The Hall–Kier alpha value is -1.32. The SMILES string of the molecule is CCCC(C)c1nnc(C(C)C)n1C1C=C2NCCCC2C1. The summed E-state index contributed by atoms with van der Waals surface area (Å²) in [6, 6.07) is 0.437. The van der Waals surface area contributed by atoms with E-state index in [9.17, 15) is 0 Å². The number of nitrogens with one attached hydrogen (secondary N) is 1. The van der Waals surface area contributed by atoms with Crippen molar-refractivity contribution in [2.24, 2.45) is 5.92 Å². The molecule has 3 rings (SSSR count). The molecule has 1 aromatic heterocycles. The first-order valence-corrected chi connectivity index (χ1v) is 9.02. The van der Waals surface area contributed by atoms with Crippen molar-refractivity contribution < 1.29 is 0 Å². The average molecular weight is 302 g/mol. The predicted octanol–water partition coefficient (Wildman–Crippen LogP) is 4.13. The molecule has 0 spiro atoms. The van der Waals surface area contributed by atoms with Crippen LogP contribution < -0.4 is 5.32 Å². The van der Waals surface area contributed by atoms with Gasteiger partial charge in [0.1, 0.15) is 11.6 Å². The van der Waals surface area contributed by atoms with E-state index in [0.717, 1.165) is 18.3 Å². The van der Waals surface area contributed by atoms with Crippen molar-refractivity contribution in [2.45, 2.75) is 77.7 Å². The third-order valence-corrected chi connectivity index (χ3v) is 5.16. The number of hydrogen-bond donors (Lipinski definition) is 1. The molecule has 22 heavy (non-hydrogen) atoms. The summed E-state index contributed by atoms with van der Waals surface area (Å²) in [6.45, 7) is 10.1. The second-order valence-corrected chi connectivity index (χ2v) is 7.32. The first-order valence-electron chi connectivity index (χ1n) is 9.02. The number of nitrogens with zero attached hydrogens (tertiary/aromatic N) is 3. The molecular weight excluding hydrogens is 272 g/mol. The number of piperidine rings is 1. The van der Waals surface area contributed by atoms with E-state index >= 15 is 0 Å². The molecule has 2 heterocycles.